The van der Waals surface area contributed by atoms with E-state index < -0.39 is 12.0 Å². The van der Waals surface area contributed by atoms with Crippen LogP contribution in [0.15, 0.2) is 64.9 Å². The highest BCUT2D eigenvalue weighted by molar-refractivity contribution is 8.14. The van der Waals surface area contributed by atoms with E-state index in [9.17, 15) is 14.0 Å². The maximum atomic E-state index is 13.5. The van der Waals surface area contributed by atoms with E-state index in [-0.39, 0.29) is 24.1 Å². The number of amides is 1. The summed E-state index contributed by atoms with van der Waals surface area (Å²) in [4.78, 5) is 33.0. The Labute approximate surface area is 218 Å². The number of benzene rings is 2. The number of carbonyl (C=O) groups is 2. The summed E-state index contributed by atoms with van der Waals surface area (Å²) in [6.45, 7) is 4.20. The van der Waals surface area contributed by atoms with Crippen LogP contribution in [-0.4, -0.2) is 48.0 Å². The van der Waals surface area contributed by atoms with Crippen LogP contribution in [0.5, 0.6) is 5.75 Å². The number of nitrogens with one attached hydrogen (secondary N) is 3. The standard InChI is InChI=1S/C27H29FN4O4S/c1-4-36-26(34)24-16(2)31-27(32-25(24)17-5-7-19(28)8-6-17)37-15-23(33)29-12-11-18-14-30-22-10-9-20(35-3)13-21(18)22/h5-10,13-14,25,30H,4,11-12,15H2,1-3H3,(H,29,33)(H,31,32). The summed E-state index contributed by atoms with van der Waals surface area (Å²) in [6, 6.07) is 11.0. The molecule has 10 heteroatoms. The van der Waals surface area contributed by atoms with Gasteiger partial charge >= 0.3 is 5.97 Å². The lowest BCUT2D eigenvalue weighted by Crippen LogP contribution is -2.33. The van der Waals surface area contributed by atoms with Crippen molar-refractivity contribution in [1.29, 1.82) is 0 Å². The van der Waals surface area contributed by atoms with Crippen LogP contribution in [0, 0.1) is 5.82 Å². The fourth-order valence-corrected chi connectivity index (χ4v) is 4.87. The maximum absolute atomic E-state index is 13.5. The predicted molar refractivity (Wildman–Crippen MR) is 143 cm³/mol. The number of H-pyrrole nitrogens is 1. The number of esters is 1. The van der Waals surface area contributed by atoms with Gasteiger partial charge in [0.2, 0.25) is 5.91 Å². The van der Waals surface area contributed by atoms with Crippen LogP contribution in [0.4, 0.5) is 4.39 Å². The number of fused-ring (bicyclic) bond motifs is 1. The monoisotopic (exact) mass is 524 g/mol. The Hall–Kier alpha value is -3.79. The van der Waals surface area contributed by atoms with Crippen LogP contribution in [-0.2, 0) is 20.7 Å². The first-order valence-electron chi connectivity index (χ1n) is 11.9. The van der Waals surface area contributed by atoms with Crippen LogP contribution >= 0.6 is 11.8 Å². The van der Waals surface area contributed by atoms with Gasteiger partial charge in [-0.1, -0.05) is 23.9 Å². The van der Waals surface area contributed by atoms with E-state index in [1.54, 1.807) is 33.1 Å². The first kappa shape index (κ1) is 26.3. The molecule has 1 unspecified atom stereocenters. The minimum Gasteiger partial charge on any atom is -0.497 e. The molecule has 2 heterocycles. The summed E-state index contributed by atoms with van der Waals surface area (Å²) < 4.78 is 24.0. The molecule has 4 rings (SSSR count). The number of carbonyl (C=O) groups excluding carboxylic acids is 2. The van der Waals surface area contributed by atoms with Crippen molar-refractivity contribution in [2.45, 2.75) is 26.3 Å². The normalized spacial score (nSPS) is 15.2. The van der Waals surface area contributed by atoms with Crippen molar-refractivity contribution in [2.24, 2.45) is 4.99 Å². The van der Waals surface area contributed by atoms with Crippen molar-refractivity contribution >= 4 is 39.7 Å². The molecule has 1 aliphatic rings. The summed E-state index contributed by atoms with van der Waals surface area (Å²) >= 11 is 1.24. The number of nitrogens with zero attached hydrogens (tertiary/aromatic N) is 1. The molecule has 1 aromatic heterocycles. The van der Waals surface area contributed by atoms with E-state index in [0.717, 1.165) is 22.2 Å². The Morgan fingerprint density at radius 1 is 1.19 bits per heavy atom. The number of halogens is 1. The minimum atomic E-state index is -0.662. The number of amidine groups is 1. The van der Waals surface area contributed by atoms with Gasteiger partial charge in [0.15, 0.2) is 5.17 Å². The molecule has 0 fully saturated rings. The number of aliphatic imine (C=N–C) groups is 1. The van der Waals surface area contributed by atoms with Gasteiger partial charge in [-0.25, -0.2) is 14.2 Å². The number of ether oxygens (including phenoxy) is 2. The first-order chi connectivity index (χ1) is 17.9. The number of aromatic amines is 1. The molecule has 0 radical (unpaired) electrons. The summed E-state index contributed by atoms with van der Waals surface area (Å²) in [5.74, 6) is -0.0708. The van der Waals surface area contributed by atoms with Crippen molar-refractivity contribution in [1.82, 2.24) is 15.6 Å². The van der Waals surface area contributed by atoms with Gasteiger partial charge in [-0.15, -0.1) is 0 Å². The first-order valence-corrected chi connectivity index (χ1v) is 12.9. The number of rotatable bonds is 9. The predicted octanol–water partition coefficient (Wildman–Crippen LogP) is 4.25. The fourth-order valence-electron chi connectivity index (χ4n) is 4.09. The number of hydrogen-bond donors (Lipinski definition) is 3. The number of methoxy groups -OCH3 is 1. The third-order valence-electron chi connectivity index (χ3n) is 5.93. The molecule has 0 saturated carbocycles. The molecule has 0 bridgehead atoms. The highest BCUT2D eigenvalue weighted by Gasteiger charge is 2.30. The van der Waals surface area contributed by atoms with Gasteiger partial charge < -0.3 is 25.1 Å². The van der Waals surface area contributed by atoms with Gasteiger partial charge in [0.1, 0.15) is 17.6 Å². The smallest absolute Gasteiger partial charge is 0.338 e. The Morgan fingerprint density at radius 2 is 1.97 bits per heavy atom. The lowest BCUT2D eigenvalue weighted by molar-refractivity contribution is -0.139. The number of aromatic nitrogens is 1. The SMILES string of the molecule is CCOC(=O)C1=C(C)NC(SCC(=O)NCCc2c[nH]c3ccc(OC)cc23)=NC1c1ccc(F)cc1. The molecule has 0 saturated heterocycles. The Balaban J connectivity index is 1.37. The molecule has 2 aromatic carbocycles. The van der Waals surface area contributed by atoms with E-state index >= 15 is 0 Å². The van der Waals surface area contributed by atoms with Gasteiger partial charge in [0, 0.05) is 29.3 Å². The van der Waals surface area contributed by atoms with E-state index in [1.807, 2.05) is 24.4 Å². The molecule has 37 heavy (non-hydrogen) atoms. The Bertz CT molecular complexity index is 1350. The Kier molecular flexibility index (Phi) is 8.50. The molecule has 8 nitrogen and oxygen atoms in total. The lowest BCUT2D eigenvalue weighted by Gasteiger charge is -2.25. The second kappa shape index (κ2) is 12.0. The molecule has 1 aliphatic heterocycles. The van der Waals surface area contributed by atoms with Gasteiger partial charge in [0.25, 0.3) is 0 Å². The maximum Gasteiger partial charge on any atom is 0.338 e. The van der Waals surface area contributed by atoms with Crippen molar-refractivity contribution in [3.8, 4) is 5.75 Å². The molecule has 1 amide bonds. The highest BCUT2D eigenvalue weighted by Crippen LogP contribution is 2.33. The lowest BCUT2D eigenvalue weighted by atomic mass is 9.96. The molecule has 3 N–H and O–H groups in total. The third kappa shape index (κ3) is 6.32. The zero-order chi connectivity index (χ0) is 26.4. The zero-order valence-corrected chi connectivity index (χ0v) is 21.7. The van der Waals surface area contributed by atoms with Crippen LogP contribution in [0.3, 0.4) is 0 Å². The van der Waals surface area contributed by atoms with Crippen LogP contribution in [0.2, 0.25) is 0 Å². The topological polar surface area (TPSA) is 105 Å². The summed E-state index contributed by atoms with van der Waals surface area (Å²) in [5, 5.41) is 7.61. The fraction of sp³-hybridized carbons (Fsp3) is 0.296. The molecule has 1 atom stereocenters. The number of hydrogen-bond acceptors (Lipinski definition) is 7. The van der Waals surface area contributed by atoms with Crippen LogP contribution < -0.4 is 15.4 Å². The van der Waals surface area contributed by atoms with Gasteiger partial charge in [-0.3, -0.25) is 4.79 Å². The summed E-state index contributed by atoms with van der Waals surface area (Å²) in [6.07, 6.45) is 2.61. The highest BCUT2D eigenvalue weighted by atomic mass is 32.2. The van der Waals surface area contributed by atoms with E-state index in [4.69, 9.17) is 9.47 Å². The molecule has 0 aliphatic carbocycles. The van der Waals surface area contributed by atoms with E-state index in [1.165, 1.54) is 23.9 Å². The average molecular weight is 525 g/mol. The second-order valence-electron chi connectivity index (χ2n) is 8.39. The van der Waals surface area contributed by atoms with Crippen molar-refractivity contribution in [2.75, 3.05) is 26.0 Å². The quantitative estimate of drug-likeness (QED) is 0.362. The second-order valence-corrected chi connectivity index (χ2v) is 9.35. The molecular formula is C27H29FN4O4S. The van der Waals surface area contributed by atoms with Crippen molar-refractivity contribution in [3.63, 3.8) is 0 Å². The molecular weight excluding hydrogens is 495 g/mol. The summed E-state index contributed by atoms with van der Waals surface area (Å²) in [7, 11) is 1.63. The van der Waals surface area contributed by atoms with Gasteiger partial charge in [-0.05, 0) is 61.7 Å². The Morgan fingerprint density at radius 3 is 2.70 bits per heavy atom. The average Bonchev–Trinajstić information content (AvgIpc) is 3.29. The summed E-state index contributed by atoms with van der Waals surface area (Å²) in [5.41, 5.74) is 3.70. The largest absolute Gasteiger partial charge is 0.497 e. The van der Waals surface area contributed by atoms with Gasteiger partial charge in [-0.2, -0.15) is 0 Å². The molecule has 3 aromatic rings. The third-order valence-corrected chi connectivity index (χ3v) is 6.82. The van der Waals surface area contributed by atoms with Crippen molar-refractivity contribution in [3.05, 3.63) is 76.9 Å². The minimum absolute atomic E-state index is 0.136. The molecule has 0 spiro atoms. The van der Waals surface area contributed by atoms with Crippen LogP contribution in [0.1, 0.15) is 31.0 Å². The van der Waals surface area contributed by atoms with E-state index in [0.29, 0.717) is 35.0 Å². The van der Waals surface area contributed by atoms with Gasteiger partial charge in [0.05, 0.1) is 25.0 Å². The van der Waals surface area contributed by atoms with Crippen molar-refractivity contribution < 1.29 is 23.5 Å². The molecule has 194 valence electrons. The van der Waals surface area contributed by atoms with E-state index in [2.05, 4.69) is 20.6 Å². The zero-order valence-electron chi connectivity index (χ0n) is 20.9. The number of thioether (sulfide) groups is 1. The number of allylic oxidation sites excluding steroid dienone is 1. The van der Waals surface area contributed by atoms with Crippen LogP contribution in [0.25, 0.3) is 10.9 Å².